The van der Waals surface area contributed by atoms with E-state index in [1.165, 1.54) is 44.1 Å². The lowest BCUT2D eigenvalue weighted by Gasteiger charge is -1.98. The van der Waals surface area contributed by atoms with Crippen LogP contribution in [0.2, 0.25) is 0 Å². The molecule has 0 aromatic rings. The first-order chi connectivity index (χ1) is 4.77. The summed E-state index contributed by atoms with van der Waals surface area (Å²) in [4.78, 5) is 0. The van der Waals surface area contributed by atoms with Crippen molar-refractivity contribution < 1.29 is 0 Å². The molecular formula is C10H20. The fourth-order valence-electron chi connectivity index (χ4n) is 1.03. The summed E-state index contributed by atoms with van der Waals surface area (Å²) in [6, 6.07) is 0. The van der Waals surface area contributed by atoms with Gasteiger partial charge in [-0.3, -0.25) is 0 Å². The highest BCUT2D eigenvalue weighted by Gasteiger charge is 1.88. The predicted molar refractivity (Wildman–Crippen MR) is 48.2 cm³/mol. The molecule has 0 aromatic carbocycles. The molecule has 0 amide bonds. The molecule has 0 saturated heterocycles. The van der Waals surface area contributed by atoms with E-state index in [-0.39, 0.29) is 0 Å². The summed E-state index contributed by atoms with van der Waals surface area (Å²) in [5.41, 5.74) is 1.33. The summed E-state index contributed by atoms with van der Waals surface area (Å²) in [7, 11) is 0. The van der Waals surface area contributed by atoms with Crippen LogP contribution in [0.1, 0.15) is 52.4 Å². The monoisotopic (exact) mass is 140 g/mol. The highest BCUT2D eigenvalue weighted by molar-refractivity contribution is 4.86. The molecule has 0 heteroatoms. The van der Waals surface area contributed by atoms with Crippen LogP contribution >= 0.6 is 0 Å². The molecule has 0 N–H and O–H groups in total. The normalized spacial score (nSPS) is 9.80. The Bertz CT molecular complexity index is 82.0. The van der Waals surface area contributed by atoms with Gasteiger partial charge in [-0.1, -0.05) is 38.2 Å². The molecule has 0 bridgehead atoms. The van der Waals surface area contributed by atoms with E-state index < -0.39 is 0 Å². The first-order valence-corrected chi connectivity index (χ1v) is 4.41. The third kappa shape index (κ3) is 7.74. The number of hydrogen-bond donors (Lipinski definition) is 0. The molecule has 0 unspecified atom stereocenters. The molecule has 0 fully saturated rings. The van der Waals surface area contributed by atoms with Crippen LogP contribution in [0.15, 0.2) is 12.2 Å². The minimum atomic E-state index is 1.23. The highest BCUT2D eigenvalue weighted by Crippen LogP contribution is 2.08. The zero-order valence-corrected chi connectivity index (χ0v) is 7.45. The lowest BCUT2D eigenvalue weighted by molar-refractivity contribution is 0.631. The molecule has 60 valence electrons. The van der Waals surface area contributed by atoms with Gasteiger partial charge < -0.3 is 0 Å². The molecule has 0 aliphatic heterocycles. The van der Waals surface area contributed by atoms with E-state index in [0.717, 1.165) is 0 Å². The second kappa shape index (κ2) is 6.85. The quantitative estimate of drug-likeness (QED) is 0.387. The van der Waals surface area contributed by atoms with Crippen molar-refractivity contribution >= 4 is 0 Å². The zero-order valence-electron chi connectivity index (χ0n) is 7.45. The van der Waals surface area contributed by atoms with Crippen molar-refractivity contribution in [2.75, 3.05) is 0 Å². The van der Waals surface area contributed by atoms with Gasteiger partial charge in [-0.15, -0.1) is 6.58 Å². The van der Waals surface area contributed by atoms with E-state index in [1.807, 2.05) is 0 Å². The molecule has 10 heavy (non-hydrogen) atoms. The van der Waals surface area contributed by atoms with Crippen LogP contribution in [0, 0.1) is 0 Å². The van der Waals surface area contributed by atoms with Crippen LogP contribution in [0.25, 0.3) is 0 Å². The summed E-state index contributed by atoms with van der Waals surface area (Å²) < 4.78 is 0. The lowest BCUT2D eigenvalue weighted by atomic mass is 10.1. The summed E-state index contributed by atoms with van der Waals surface area (Å²) in [5, 5.41) is 0. The Morgan fingerprint density at radius 3 is 2.20 bits per heavy atom. The number of unbranched alkanes of at least 4 members (excludes halogenated alkanes) is 4. The molecule has 0 nitrogen and oxygen atoms in total. The molecule has 0 aliphatic carbocycles. The van der Waals surface area contributed by atoms with Gasteiger partial charge in [-0.25, -0.2) is 0 Å². The lowest BCUT2D eigenvalue weighted by Crippen LogP contribution is -1.78. The fourth-order valence-corrected chi connectivity index (χ4v) is 1.03. The molecule has 0 rings (SSSR count). The van der Waals surface area contributed by atoms with Gasteiger partial charge in [0.25, 0.3) is 0 Å². The molecule has 0 aliphatic rings. The fraction of sp³-hybridized carbons (Fsp3) is 0.800. The third-order valence-electron chi connectivity index (χ3n) is 1.71. The number of hydrogen-bond acceptors (Lipinski definition) is 0. The Kier molecular flexibility index (Phi) is 6.68. The maximum atomic E-state index is 3.87. The average Bonchev–Trinajstić information content (AvgIpc) is 1.87. The van der Waals surface area contributed by atoms with Crippen molar-refractivity contribution in [1.82, 2.24) is 0 Å². The maximum Gasteiger partial charge on any atom is -0.0326 e. The van der Waals surface area contributed by atoms with Gasteiger partial charge in [0.1, 0.15) is 0 Å². The first-order valence-electron chi connectivity index (χ1n) is 4.41. The SMILES string of the molecule is C=C(C)CCCCCCC. The maximum absolute atomic E-state index is 3.87. The average molecular weight is 140 g/mol. The predicted octanol–water partition coefficient (Wildman–Crippen LogP) is 3.92. The standard InChI is InChI=1S/C10H20/c1-4-5-6-7-8-9-10(2)3/h2,4-9H2,1,3H3. The molecule has 0 spiro atoms. The Morgan fingerprint density at radius 1 is 1.10 bits per heavy atom. The van der Waals surface area contributed by atoms with Crippen LogP contribution in [0.5, 0.6) is 0 Å². The largest absolute Gasteiger partial charge is 0.100 e. The van der Waals surface area contributed by atoms with Crippen molar-refractivity contribution in [2.24, 2.45) is 0 Å². The van der Waals surface area contributed by atoms with Crippen LogP contribution in [0.4, 0.5) is 0 Å². The van der Waals surface area contributed by atoms with Gasteiger partial charge in [-0.2, -0.15) is 0 Å². The number of allylic oxidation sites excluding steroid dienone is 1. The van der Waals surface area contributed by atoms with E-state index in [2.05, 4.69) is 20.4 Å². The van der Waals surface area contributed by atoms with Crippen LogP contribution < -0.4 is 0 Å². The first kappa shape index (κ1) is 9.74. The Morgan fingerprint density at radius 2 is 1.70 bits per heavy atom. The topological polar surface area (TPSA) is 0 Å². The second-order valence-electron chi connectivity index (χ2n) is 3.12. The van der Waals surface area contributed by atoms with Gasteiger partial charge in [-0.05, 0) is 19.8 Å². The van der Waals surface area contributed by atoms with E-state index in [9.17, 15) is 0 Å². The molecule has 0 atom stereocenters. The van der Waals surface area contributed by atoms with Gasteiger partial charge >= 0.3 is 0 Å². The van der Waals surface area contributed by atoms with Crippen molar-refractivity contribution in [3.63, 3.8) is 0 Å². The summed E-state index contributed by atoms with van der Waals surface area (Å²) in [6.45, 7) is 8.23. The van der Waals surface area contributed by atoms with Crippen molar-refractivity contribution in [1.29, 1.82) is 0 Å². The highest BCUT2D eigenvalue weighted by atomic mass is 13.9. The van der Waals surface area contributed by atoms with E-state index in [0.29, 0.717) is 0 Å². The molecule has 0 radical (unpaired) electrons. The molecule has 0 aromatic heterocycles. The Hall–Kier alpha value is -0.260. The van der Waals surface area contributed by atoms with Crippen molar-refractivity contribution in [2.45, 2.75) is 52.4 Å². The van der Waals surface area contributed by atoms with Crippen molar-refractivity contribution in [3.8, 4) is 0 Å². The Balaban J connectivity index is 2.84. The smallest absolute Gasteiger partial charge is 0.0326 e. The van der Waals surface area contributed by atoms with E-state index in [1.54, 1.807) is 0 Å². The van der Waals surface area contributed by atoms with Crippen LogP contribution in [-0.2, 0) is 0 Å². The van der Waals surface area contributed by atoms with Gasteiger partial charge in [0.05, 0.1) is 0 Å². The van der Waals surface area contributed by atoms with Gasteiger partial charge in [0.2, 0.25) is 0 Å². The molecular weight excluding hydrogens is 120 g/mol. The zero-order chi connectivity index (χ0) is 7.82. The van der Waals surface area contributed by atoms with Gasteiger partial charge in [0, 0.05) is 0 Å². The van der Waals surface area contributed by atoms with Crippen molar-refractivity contribution in [3.05, 3.63) is 12.2 Å². The van der Waals surface area contributed by atoms with Gasteiger partial charge in [0.15, 0.2) is 0 Å². The van der Waals surface area contributed by atoms with E-state index >= 15 is 0 Å². The minimum Gasteiger partial charge on any atom is -0.100 e. The second-order valence-corrected chi connectivity index (χ2v) is 3.12. The molecule has 0 saturated carbocycles. The number of rotatable bonds is 6. The summed E-state index contributed by atoms with van der Waals surface area (Å²) in [6.07, 6.45) is 8.10. The summed E-state index contributed by atoms with van der Waals surface area (Å²) >= 11 is 0. The summed E-state index contributed by atoms with van der Waals surface area (Å²) in [5.74, 6) is 0. The minimum absolute atomic E-state index is 1.23. The third-order valence-corrected chi connectivity index (χ3v) is 1.71. The molecule has 0 heterocycles. The van der Waals surface area contributed by atoms with Crippen LogP contribution in [-0.4, -0.2) is 0 Å². The van der Waals surface area contributed by atoms with Crippen LogP contribution in [0.3, 0.4) is 0 Å². The Labute approximate surface area is 65.3 Å². The van der Waals surface area contributed by atoms with E-state index in [4.69, 9.17) is 0 Å².